The highest BCUT2D eigenvalue weighted by Gasteiger charge is 2.30. The zero-order valence-corrected chi connectivity index (χ0v) is 27.0. The molecule has 46 heavy (non-hydrogen) atoms. The topological polar surface area (TPSA) is 96.9 Å². The van der Waals surface area contributed by atoms with Crippen LogP contribution in [0.1, 0.15) is 80.5 Å². The maximum Gasteiger partial charge on any atom is 0.254 e. The van der Waals surface area contributed by atoms with Crippen LogP contribution in [0.2, 0.25) is 0 Å². The van der Waals surface area contributed by atoms with Crippen LogP contribution in [-0.4, -0.2) is 76.5 Å². The lowest BCUT2D eigenvalue weighted by atomic mass is 9.99. The Kier molecular flexibility index (Phi) is 9.94. The van der Waals surface area contributed by atoms with Gasteiger partial charge in [-0.1, -0.05) is 32.9 Å². The van der Waals surface area contributed by atoms with E-state index in [0.29, 0.717) is 36.1 Å². The molecule has 3 aliphatic rings. The minimum Gasteiger partial charge on any atom is -0.457 e. The van der Waals surface area contributed by atoms with Gasteiger partial charge in [0.15, 0.2) is 0 Å². The summed E-state index contributed by atoms with van der Waals surface area (Å²) in [7, 11) is 0. The Balaban J connectivity index is 1.18. The molecule has 0 saturated carbocycles. The van der Waals surface area contributed by atoms with Gasteiger partial charge >= 0.3 is 0 Å². The van der Waals surface area contributed by atoms with Crippen LogP contribution >= 0.6 is 0 Å². The first-order chi connectivity index (χ1) is 22.2. The van der Waals surface area contributed by atoms with Gasteiger partial charge in [-0.05, 0) is 61.4 Å². The molecule has 9 nitrogen and oxygen atoms in total. The number of piperidine rings is 1. The van der Waals surface area contributed by atoms with E-state index in [0.717, 1.165) is 68.9 Å². The SMILES string of the molecule is CC1CC(=O)N(Cc2cc(F)c(C(=O)NC3CCN(C4CCOCC4)CC3)cc2Oc2ccc(-c3cnc(C(C)C)nc3)cc2)C1. The van der Waals surface area contributed by atoms with Crippen LogP contribution in [0.15, 0.2) is 48.8 Å². The van der Waals surface area contributed by atoms with E-state index >= 15 is 4.39 Å². The van der Waals surface area contributed by atoms with Crippen molar-refractivity contribution in [2.45, 2.75) is 77.4 Å². The number of ether oxygens (including phenoxy) is 2. The monoisotopic (exact) mass is 629 g/mol. The molecule has 1 aromatic heterocycles. The second kappa shape index (κ2) is 14.3. The smallest absolute Gasteiger partial charge is 0.254 e. The highest BCUT2D eigenvalue weighted by molar-refractivity contribution is 5.95. The van der Waals surface area contributed by atoms with Crippen LogP contribution in [0.3, 0.4) is 0 Å². The molecule has 0 aliphatic carbocycles. The number of benzene rings is 2. The summed E-state index contributed by atoms with van der Waals surface area (Å²) < 4.78 is 27.4. The van der Waals surface area contributed by atoms with Gasteiger partial charge < -0.3 is 24.6 Å². The number of aromatic nitrogens is 2. The van der Waals surface area contributed by atoms with Gasteiger partial charge in [0, 0.05) is 87.3 Å². The van der Waals surface area contributed by atoms with Crippen molar-refractivity contribution < 1.29 is 23.5 Å². The highest BCUT2D eigenvalue weighted by atomic mass is 19.1. The number of carbonyl (C=O) groups excluding carboxylic acids is 2. The predicted molar refractivity (Wildman–Crippen MR) is 173 cm³/mol. The summed E-state index contributed by atoms with van der Waals surface area (Å²) in [4.78, 5) is 39.2. The first kappa shape index (κ1) is 32.1. The summed E-state index contributed by atoms with van der Waals surface area (Å²) in [5.41, 5.74) is 2.27. The van der Waals surface area contributed by atoms with Crippen molar-refractivity contribution in [1.82, 2.24) is 25.1 Å². The molecule has 3 saturated heterocycles. The van der Waals surface area contributed by atoms with Crippen LogP contribution in [0.25, 0.3) is 11.1 Å². The van der Waals surface area contributed by atoms with Crippen molar-refractivity contribution in [2.24, 2.45) is 5.92 Å². The van der Waals surface area contributed by atoms with E-state index in [1.54, 1.807) is 4.90 Å². The molecule has 0 radical (unpaired) electrons. The standard InChI is InChI=1S/C36H44FN5O4/c1-23(2)35-38-19-27(20-39-35)25-4-6-30(7-5-25)46-33-18-31(32(37)17-26(33)22-42-21-24(3)16-34(42)43)36(44)40-28-8-12-41(13-9-28)29-10-14-45-15-11-29/h4-7,17-20,23-24,28-29H,8-16,21-22H2,1-3H3,(H,40,44). The van der Waals surface area contributed by atoms with Crippen molar-refractivity contribution in [2.75, 3.05) is 32.8 Å². The zero-order valence-electron chi connectivity index (χ0n) is 27.0. The minimum atomic E-state index is -0.626. The average molecular weight is 630 g/mol. The molecule has 2 amide bonds. The molecular formula is C36H44FN5O4. The summed E-state index contributed by atoms with van der Waals surface area (Å²) in [6.45, 7) is 10.3. The fraction of sp³-hybridized carbons (Fsp3) is 0.500. The molecule has 4 heterocycles. The van der Waals surface area contributed by atoms with Crippen molar-refractivity contribution >= 4 is 11.8 Å². The lowest BCUT2D eigenvalue weighted by molar-refractivity contribution is -0.128. The second-order valence-corrected chi connectivity index (χ2v) is 13.3. The minimum absolute atomic E-state index is 0.0260. The van der Waals surface area contributed by atoms with E-state index in [-0.39, 0.29) is 35.9 Å². The van der Waals surface area contributed by atoms with Gasteiger partial charge in [-0.3, -0.25) is 9.59 Å². The fourth-order valence-corrected chi connectivity index (χ4v) is 6.67. The lowest BCUT2D eigenvalue weighted by Gasteiger charge is -2.39. The number of hydrogen-bond donors (Lipinski definition) is 1. The van der Waals surface area contributed by atoms with Gasteiger partial charge in [-0.2, -0.15) is 0 Å². The number of rotatable bonds is 9. The Morgan fingerprint density at radius 2 is 1.74 bits per heavy atom. The number of halogens is 1. The van der Waals surface area contributed by atoms with Crippen LogP contribution in [0, 0.1) is 11.7 Å². The third-order valence-electron chi connectivity index (χ3n) is 9.34. The van der Waals surface area contributed by atoms with Crippen LogP contribution in [-0.2, 0) is 16.1 Å². The quantitative estimate of drug-likeness (QED) is 0.313. The summed E-state index contributed by atoms with van der Waals surface area (Å²) in [6, 6.07) is 10.8. The first-order valence-electron chi connectivity index (χ1n) is 16.6. The van der Waals surface area contributed by atoms with Gasteiger partial charge in [0.25, 0.3) is 5.91 Å². The maximum absolute atomic E-state index is 15.6. The van der Waals surface area contributed by atoms with E-state index in [2.05, 4.69) is 34.0 Å². The maximum atomic E-state index is 15.6. The van der Waals surface area contributed by atoms with Crippen LogP contribution in [0.5, 0.6) is 11.5 Å². The number of hydrogen-bond acceptors (Lipinski definition) is 7. The lowest BCUT2D eigenvalue weighted by Crippen LogP contribution is -2.49. The Labute approximate surface area is 270 Å². The van der Waals surface area contributed by atoms with Crippen LogP contribution in [0.4, 0.5) is 4.39 Å². The van der Waals surface area contributed by atoms with E-state index < -0.39 is 11.7 Å². The Morgan fingerprint density at radius 3 is 2.37 bits per heavy atom. The number of nitrogens with one attached hydrogen (secondary N) is 1. The molecule has 244 valence electrons. The molecule has 3 fully saturated rings. The fourth-order valence-electron chi connectivity index (χ4n) is 6.67. The van der Waals surface area contributed by atoms with E-state index in [4.69, 9.17) is 9.47 Å². The second-order valence-electron chi connectivity index (χ2n) is 13.3. The summed E-state index contributed by atoms with van der Waals surface area (Å²) in [5.74, 6) is 1.10. The number of amides is 2. The number of likely N-dealkylation sites (tertiary alicyclic amines) is 2. The van der Waals surface area contributed by atoms with Crippen molar-refractivity contribution in [3.05, 3.63) is 71.6 Å². The highest BCUT2D eigenvalue weighted by Crippen LogP contribution is 2.33. The third kappa shape index (κ3) is 7.56. The molecule has 10 heteroatoms. The average Bonchev–Trinajstić information content (AvgIpc) is 3.39. The molecule has 3 aromatic rings. The van der Waals surface area contributed by atoms with Gasteiger partial charge in [-0.25, -0.2) is 14.4 Å². The van der Waals surface area contributed by atoms with Gasteiger partial charge in [0.1, 0.15) is 23.1 Å². The molecular weight excluding hydrogens is 585 g/mol. The van der Waals surface area contributed by atoms with E-state index in [9.17, 15) is 9.59 Å². The molecule has 1 atom stereocenters. The van der Waals surface area contributed by atoms with Crippen LogP contribution < -0.4 is 10.1 Å². The Hall–Kier alpha value is -3.89. The van der Waals surface area contributed by atoms with Gasteiger partial charge in [0.2, 0.25) is 5.91 Å². The summed E-state index contributed by atoms with van der Waals surface area (Å²) >= 11 is 0. The van der Waals surface area contributed by atoms with Crippen molar-refractivity contribution in [3.8, 4) is 22.6 Å². The molecule has 0 bridgehead atoms. The molecule has 6 rings (SSSR count). The molecule has 1 unspecified atom stereocenters. The first-order valence-corrected chi connectivity index (χ1v) is 16.6. The number of nitrogens with zero attached hydrogens (tertiary/aromatic N) is 4. The summed E-state index contributed by atoms with van der Waals surface area (Å²) in [5, 5.41) is 3.07. The molecule has 2 aromatic carbocycles. The Bertz CT molecular complexity index is 1520. The zero-order chi connectivity index (χ0) is 32.2. The van der Waals surface area contributed by atoms with Crippen molar-refractivity contribution in [3.63, 3.8) is 0 Å². The van der Waals surface area contributed by atoms with Gasteiger partial charge in [0.05, 0.1) is 5.56 Å². The normalized spacial score (nSPS) is 20.0. The molecule has 0 spiro atoms. The largest absolute Gasteiger partial charge is 0.457 e. The van der Waals surface area contributed by atoms with E-state index in [1.807, 2.05) is 43.6 Å². The van der Waals surface area contributed by atoms with E-state index in [1.165, 1.54) is 12.1 Å². The predicted octanol–water partition coefficient (Wildman–Crippen LogP) is 5.94. The molecule has 1 N–H and O–H groups in total. The molecule has 3 aliphatic heterocycles. The number of carbonyl (C=O) groups is 2. The third-order valence-corrected chi connectivity index (χ3v) is 9.34. The Morgan fingerprint density at radius 1 is 1.04 bits per heavy atom. The van der Waals surface area contributed by atoms with Crippen molar-refractivity contribution in [1.29, 1.82) is 0 Å². The van der Waals surface area contributed by atoms with Gasteiger partial charge in [-0.15, -0.1) is 0 Å². The summed E-state index contributed by atoms with van der Waals surface area (Å²) in [6.07, 6.45) is 7.81.